The molecule has 1 saturated heterocycles. The van der Waals surface area contributed by atoms with Gasteiger partial charge in [0, 0.05) is 43.3 Å². The first kappa shape index (κ1) is 21.6. The number of hydrogen-bond donors (Lipinski definition) is 1. The molecule has 0 saturated carbocycles. The summed E-state index contributed by atoms with van der Waals surface area (Å²) in [4.78, 5) is 6.67. The van der Waals surface area contributed by atoms with E-state index < -0.39 is 10.0 Å². The van der Waals surface area contributed by atoms with Crippen molar-refractivity contribution in [2.75, 3.05) is 45.7 Å². The van der Waals surface area contributed by atoms with E-state index in [1.165, 1.54) is 10.5 Å². The van der Waals surface area contributed by atoms with Crippen LogP contribution in [0.3, 0.4) is 0 Å². The second-order valence-corrected chi connectivity index (χ2v) is 9.84. The fourth-order valence-corrected chi connectivity index (χ4v) is 5.21. The highest BCUT2D eigenvalue weighted by Crippen LogP contribution is 2.33. The summed E-state index contributed by atoms with van der Waals surface area (Å²) in [6.07, 6.45) is 1.42. The van der Waals surface area contributed by atoms with E-state index in [0.29, 0.717) is 18.9 Å². The molecule has 4 rings (SSSR count). The van der Waals surface area contributed by atoms with Crippen molar-refractivity contribution in [1.82, 2.24) is 14.2 Å². The normalized spacial score (nSPS) is 17.0. The molecule has 0 aliphatic carbocycles. The van der Waals surface area contributed by atoms with E-state index in [9.17, 15) is 8.42 Å². The Morgan fingerprint density at radius 3 is 2.55 bits per heavy atom. The number of nitrogens with zero attached hydrogens (tertiary/aromatic N) is 3. The lowest BCUT2D eigenvalue weighted by atomic mass is 10.1. The third-order valence-electron chi connectivity index (χ3n) is 5.77. The first-order valence-electron chi connectivity index (χ1n) is 10.3. The number of rotatable bonds is 6. The van der Waals surface area contributed by atoms with Gasteiger partial charge in [-0.2, -0.15) is 4.31 Å². The molecule has 1 N–H and O–H groups in total. The Balaban J connectivity index is 1.50. The number of benzene rings is 1. The highest BCUT2D eigenvalue weighted by Gasteiger charge is 2.27. The number of nitrogens with one attached hydrogen (secondary N) is 1. The van der Waals surface area contributed by atoms with Crippen LogP contribution in [-0.4, -0.2) is 62.9 Å². The van der Waals surface area contributed by atoms with Crippen LogP contribution in [-0.2, 0) is 10.0 Å². The molecule has 1 unspecified atom stereocenters. The molecule has 1 aromatic carbocycles. The standard InChI is InChI=1S/C22H28N4O4S/c1-15-19-13-17(29-4)5-7-20(19)30-22(15)16(2)24-21-8-6-18(14-23-21)31(27,28)26-11-9-25(3)10-12-26/h5-8,13-14,16H,9-12H2,1-4H3,(H,23,24). The van der Waals surface area contributed by atoms with Crippen LogP contribution in [0.4, 0.5) is 5.82 Å². The minimum atomic E-state index is -3.53. The zero-order valence-electron chi connectivity index (χ0n) is 18.3. The minimum absolute atomic E-state index is 0.147. The number of likely N-dealkylation sites (N-methyl/N-ethyl adjacent to an activating group) is 1. The van der Waals surface area contributed by atoms with Crippen molar-refractivity contribution in [3.8, 4) is 5.75 Å². The fraction of sp³-hybridized carbons (Fsp3) is 0.409. The van der Waals surface area contributed by atoms with Crippen LogP contribution in [0, 0.1) is 6.92 Å². The molecule has 0 radical (unpaired) electrons. The summed E-state index contributed by atoms with van der Waals surface area (Å²) in [7, 11) is 0.106. The number of anilines is 1. The number of furan rings is 1. The summed E-state index contributed by atoms with van der Waals surface area (Å²) >= 11 is 0. The molecule has 3 heterocycles. The number of methoxy groups -OCH3 is 1. The van der Waals surface area contributed by atoms with E-state index in [0.717, 1.165) is 41.1 Å². The van der Waals surface area contributed by atoms with Gasteiger partial charge in [-0.25, -0.2) is 13.4 Å². The number of ether oxygens (including phenoxy) is 1. The predicted octanol–water partition coefficient (Wildman–Crippen LogP) is 3.25. The maximum Gasteiger partial charge on any atom is 0.244 e. The number of fused-ring (bicyclic) bond motifs is 1. The van der Waals surface area contributed by atoms with Gasteiger partial charge in [0.05, 0.1) is 13.2 Å². The molecule has 8 nitrogen and oxygen atoms in total. The summed E-state index contributed by atoms with van der Waals surface area (Å²) in [6, 6.07) is 8.88. The van der Waals surface area contributed by atoms with Crippen LogP contribution in [0.25, 0.3) is 11.0 Å². The van der Waals surface area contributed by atoms with E-state index in [1.807, 2.05) is 39.1 Å². The molecule has 1 aliphatic rings. The van der Waals surface area contributed by atoms with Gasteiger partial charge in [-0.05, 0) is 51.2 Å². The van der Waals surface area contributed by atoms with Crippen molar-refractivity contribution in [2.24, 2.45) is 0 Å². The Hall–Kier alpha value is -2.62. The average Bonchev–Trinajstić information content (AvgIpc) is 3.10. The molecule has 9 heteroatoms. The van der Waals surface area contributed by atoms with Crippen molar-refractivity contribution in [1.29, 1.82) is 0 Å². The first-order valence-corrected chi connectivity index (χ1v) is 11.7. The first-order chi connectivity index (χ1) is 14.8. The lowest BCUT2D eigenvalue weighted by molar-refractivity contribution is 0.222. The lowest BCUT2D eigenvalue weighted by Crippen LogP contribution is -2.47. The Labute approximate surface area is 182 Å². The van der Waals surface area contributed by atoms with Crippen LogP contribution in [0.5, 0.6) is 5.75 Å². The van der Waals surface area contributed by atoms with Gasteiger partial charge >= 0.3 is 0 Å². The lowest BCUT2D eigenvalue weighted by Gasteiger charge is -2.31. The Morgan fingerprint density at radius 1 is 1.16 bits per heavy atom. The van der Waals surface area contributed by atoms with Crippen LogP contribution < -0.4 is 10.1 Å². The van der Waals surface area contributed by atoms with Crippen molar-refractivity contribution >= 4 is 26.8 Å². The van der Waals surface area contributed by atoms with Gasteiger partial charge in [-0.15, -0.1) is 0 Å². The minimum Gasteiger partial charge on any atom is -0.497 e. The van der Waals surface area contributed by atoms with E-state index >= 15 is 0 Å². The number of aryl methyl sites for hydroxylation is 1. The van der Waals surface area contributed by atoms with E-state index in [1.54, 1.807) is 19.2 Å². The quantitative estimate of drug-likeness (QED) is 0.624. The predicted molar refractivity (Wildman–Crippen MR) is 120 cm³/mol. The Kier molecular flexibility index (Phi) is 5.92. The molecule has 1 fully saturated rings. The van der Waals surface area contributed by atoms with Gasteiger partial charge in [-0.1, -0.05) is 0 Å². The van der Waals surface area contributed by atoms with Crippen LogP contribution in [0.2, 0.25) is 0 Å². The topological polar surface area (TPSA) is 87.9 Å². The highest BCUT2D eigenvalue weighted by atomic mass is 32.2. The van der Waals surface area contributed by atoms with E-state index in [4.69, 9.17) is 9.15 Å². The molecule has 1 aliphatic heterocycles. The van der Waals surface area contributed by atoms with Crippen LogP contribution >= 0.6 is 0 Å². The largest absolute Gasteiger partial charge is 0.497 e. The molecule has 166 valence electrons. The third kappa shape index (κ3) is 4.26. The number of piperazine rings is 1. The van der Waals surface area contributed by atoms with Crippen LogP contribution in [0.15, 0.2) is 45.8 Å². The summed E-state index contributed by atoms with van der Waals surface area (Å²) in [5.74, 6) is 2.17. The average molecular weight is 445 g/mol. The number of pyridine rings is 1. The molecule has 3 aromatic rings. The molecular weight excluding hydrogens is 416 g/mol. The van der Waals surface area contributed by atoms with Crippen LogP contribution in [0.1, 0.15) is 24.3 Å². The van der Waals surface area contributed by atoms with Gasteiger partial charge in [0.2, 0.25) is 10.0 Å². The molecule has 2 aromatic heterocycles. The SMILES string of the molecule is COc1ccc2oc(C(C)Nc3ccc(S(=O)(=O)N4CCN(C)CC4)cn3)c(C)c2c1. The van der Waals surface area contributed by atoms with Gasteiger partial charge in [0.15, 0.2) is 0 Å². The third-order valence-corrected chi connectivity index (χ3v) is 7.66. The van der Waals surface area contributed by atoms with Crippen molar-refractivity contribution in [2.45, 2.75) is 24.8 Å². The Bertz CT molecular complexity index is 1170. The number of aromatic nitrogens is 1. The van der Waals surface area contributed by atoms with Gasteiger partial charge < -0.3 is 19.4 Å². The molecule has 31 heavy (non-hydrogen) atoms. The van der Waals surface area contributed by atoms with E-state index in [-0.39, 0.29) is 10.9 Å². The maximum absolute atomic E-state index is 12.9. The number of sulfonamides is 1. The van der Waals surface area contributed by atoms with Crippen molar-refractivity contribution < 1.29 is 17.6 Å². The summed E-state index contributed by atoms with van der Waals surface area (Å²) in [5.41, 5.74) is 1.83. The van der Waals surface area contributed by atoms with Crippen molar-refractivity contribution in [3.63, 3.8) is 0 Å². The maximum atomic E-state index is 12.9. The monoisotopic (exact) mass is 444 g/mol. The van der Waals surface area contributed by atoms with Gasteiger partial charge in [-0.3, -0.25) is 0 Å². The second-order valence-electron chi connectivity index (χ2n) is 7.91. The fourth-order valence-electron chi connectivity index (χ4n) is 3.84. The molecule has 0 amide bonds. The zero-order chi connectivity index (χ0) is 22.2. The van der Waals surface area contributed by atoms with Gasteiger partial charge in [0.1, 0.15) is 27.8 Å². The van der Waals surface area contributed by atoms with Crippen molar-refractivity contribution in [3.05, 3.63) is 47.9 Å². The Morgan fingerprint density at radius 2 is 1.90 bits per heavy atom. The highest BCUT2D eigenvalue weighted by molar-refractivity contribution is 7.89. The van der Waals surface area contributed by atoms with Gasteiger partial charge in [0.25, 0.3) is 0 Å². The second kappa shape index (κ2) is 8.49. The number of hydrogen-bond acceptors (Lipinski definition) is 7. The summed E-state index contributed by atoms with van der Waals surface area (Å²) in [6.45, 7) is 6.44. The smallest absolute Gasteiger partial charge is 0.244 e. The summed E-state index contributed by atoms with van der Waals surface area (Å²) < 4.78 is 38.6. The molecule has 0 bridgehead atoms. The summed E-state index contributed by atoms with van der Waals surface area (Å²) in [5, 5.41) is 4.31. The molecule has 0 spiro atoms. The molecule has 1 atom stereocenters. The molecular formula is C22H28N4O4S. The zero-order valence-corrected chi connectivity index (χ0v) is 19.1. The van der Waals surface area contributed by atoms with E-state index in [2.05, 4.69) is 15.2 Å².